The molecule has 0 saturated carbocycles. The highest BCUT2D eigenvalue weighted by Crippen LogP contribution is 2.15. The summed E-state index contributed by atoms with van der Waals surface area (Å²) in [5.74, 6) is -0.406. The lowest BCUT2D eigenvalue weighted by Gasteiger charge is -2.04. The summed E-state index contributed by atoms with van der Waals surface area (Å²) in [6.07, 6.45) is 1.94. The predicted molar refractivity (Wildman–Crippen MR) is 68.0 cm³/mol. The second kappa shape index (κ2) is 5.54. The van der Waals surface area contributed by atoms with Gasteiger partial charge in [0.15, 0.2) is 0 Å². The number of ether oxygens (including phenoxy) is 1. The molecular weight excluding hydrogens is 268 g/mol. The number of rotatable bonds is 4. The maximum atomic E-state index is 11.8. The number of cyclic esters (lactones) is 1. The van der Waals surface area contributed by atoms with Gasteiger partial charge < -0.3 is 4.74 Å². The van der Waals surface area contributed by atoms with Gasteiger partial charge in [0.25, 0.3) is 10.1 Å². The number of hydrogen-bond donors (Lipinski definition) is 0. The lowest BCUT2D eigenvalue weighted by atomic mass is 10.2. The maximum Gasteiger partial charge on any atom is 0.333 e. The Kier molecular flexibility index (Phi) is 4.01. The van der Waals surface area contributed by atoms with Crippen molar-refractivity contribution in [1.82, 2.24) is 0 Å². The molecule has 2 rings (SSSR count). The monoisotopic (exact) mass is 282 g/mol. The molecule has 0 bridgehead atoms. The van der Waals surface area contributed by atoms with Crippen LogP contribution in [0.2, 0.25) is 0 Å². The minimum absolute atomic E-state index is 0.102. The molecule has 0 spiro atoms. The van der Waals surface area contributed by atoms with Gasteiger partial charge in [0.05, 0.1) is 18.1 Å². The third-order valence-corrected chi connectivity index (χ3v) is 4.03. The molecule has 1 aromatic carbocycles. The normalized spacial score (nSPS) is 17.7. The van der Waals surface area contributed by atoms with Crippen LogP contribution in [0.1, 0.15) is 12.0 Å². The van der Waals surface area contributed by atoms with Gasteiger partial charge in [-0.3, -0.25) is 4.18 Å². The molecule has 102 valence electrons. The van der Waals surface area contributed by atoms with Gasteiger partial charge in [-0.05, 0) is 25.1 Å². The quantitative estimate of drug-likeness (QED) is 0.476. The van der Waals surface area contributed by atoms with Crippen LogP contribution in [0.4, 0.5) is 0 Å². The van der Waals surface area contributed by atoms with Gasteiger partial charge in [0, 0.05) is 12.0 Å². The number of aryl methyl sites for hydroxylation is 1. The van der Waals surface area contributed by atoms with Crippen LogP contribution in [0.25, 0.3) is 0 Å². The highest BCUT2D eigenvalue weighted by molar-refractivity contribution is 7.86. The highest BCUT2D eigenvalue weighted by atomic mass is 32.2. The standard InChI is InChI=1S/C13H14O5S/c1-10-2-4-12(5-3-10)19(15,16)18-9-7-11-6-8-17-13(11)14/h2-5,7H,6,8-9H2,1H3. The third-order valence-electron chi connectivity index (χ3n) is 2.73. The van der Waals surface area contributed by atoms with Crippen molar-refractivity contribution in [2.24, 2.45) is 0 Å². The van der Waals surface area contributed by atoms with Crippen LogP contribution in [0.3, 0.4) is 0 Å². The molecule has 0 aliphatic carbocycles. The molecular formula is C13H14O5S. The number of esters is 1. The molecule has 1 saturated heterocycles. The van der Waals surface area contributed by atoms with Crippen molar-refractivity contribution in [2.75, 3.05) is 13.2 Å². The second-order valence-electron chi connectivity index (χ2n) is 4.17. The van der Waals surface area contributed by atoms with Gasteiger partial charge in [-0.25, -0.2) is 4.79 Å². The summed E-state index contributed by atoms with van der Waals surface area (Å²) in [6, 6.07) is 6.37. The highest BCUT2D eigenvalue weighted by Gasteiger charge is 2.19. The predicted octanol–water partition coefficient (Wildman–Crippen LogP) is 1.57. The molecule has 0 unspecified atom stereocenters. The Morgan fingerprint density at radius 2 is 2.00 bits per heavy atom. The minimum atomic E-state index is -3.78. The fraction of sp³-hybridized carbons (Fsp3) is 0.308. The van der Waals surface area contributed by atoms with Crippen molar-refractivity contribution in [3.8, 4) is 0 Å². The topological polar surface area (TPSA) is 69.7 Å². The maximum absolute atomic E-state index is 11.8. The molecule has 1 fully saturated rings. The zero-order chi connectivity index (χ0) is 13.9. The number of carbonyl (C=O) groups excluding carboxylic acids is 1. The van der Waals surface area contributed by atoms with Crippen LogP contribution in [0.15, 0.2) is 40.8 Å². The number of hydrogen-bond acceptors (Lipinski definition) is 5. The first-order valence-corrected chi connectivity index (χ1v) is 7.22. The molecule has 1 heterocycles. The Morgan fingerprint density at radius 1 is 1.32 bits per heavy atom. The summed E-state index contributed by atoms with van der Waals surface area (Å²) in [5.41, 5.74) is 1.42. The second-order valence-corrected chi connectivity index (χ2v) is 5.78. The Balaban J connectivity index is 2.02. The van der Waals surface area contributed by atoms with Crippen molar-refractivity contribution >= 4 is 16.1 Å². The molecule has 1 aliphatic heterocycles. The molecule has 6 heteroatoms. The summed E-state index contributed by atoms with van der Waals surface area (Å²) in [6.45, 7) is 2.05. The van der Waals surface area contributed by atoms with Gasteiger partial charge in [0.1, 0.15) is 0 Å². The van der Waals surface area contributed by atoms with Crippen LogP contribution in [0.5, 0.6) is 0 Å². The van der Waals surface area contributed by atoms with Gasteiger partial charge in [-0.2, -0.15) is 8.42 Å². The average Bonchev–Trinajstić information content (AvgIpc) is 2.75. The van der Waals surface area contributed by atoms with Crippen LogP contribution in [-0.4, -0.2) is 27.6 Å². The van der Waals surface area contributed by atoms with Gasteiger partial charge in [-0.1, -0.05) is 17.7 Å². The van der Waals surface area contributed by atoms with Crippen LogP contribution < -0.4 is 0 Å². The van der Waals surface area contributed by atoms with E-state index in [9.17, 15) is 13.2 Å². The van der Waals surface area contributed by atoms with Crippen LogP contribution in [0, 0.1) is 6.92 Å². The van der Waals surface area contributed by atoms with Crippen LogP contribution in [-0.2, 0) is 23.8 Å². The Bertz CT molecular complexity index is 598. The summed E-state index contributed by atoms with van der Waals surface area (Å²) in [5, 5.41) is 0. The molecule has 0 N–H and O–H groups in total. The van der Waals surface area contributed by atoms with E-state index in [1.165, 1.54) is 18.2 Å². The van der Waals surface area contributed by atoms with Crippen molar-refractivity contribution in [1.29, 1.82) is 0 Å². The first-order chi connectivity index (χ1) is 8.99. The SMILES string of the molecule is Cc1ccc(S(=O)(=O)OCC=C2CCOC2=O)cc1. The van der Waals surface area contributed by atoms with E-state index < -0.39 is 16.1 Å². The minimum Gasteiger partial charge on any atom is -0.462 e. The molecule has 0 atom stereocenters. The van der Waals surface area contributed by atoms with Crippen molar-refractivity contribution in [2.45, 2.75) is 18.2 Å². The molecule has 1 aliphatic rings. The lowest BCUT2D eigenvalue weighted by molar-refractivity contribution is -0.135. The first kappa shape index (κ1) is 13.8. The van der Waals surface area contributed by atoms with Crippen molar-refractivity contribution in [3.05, 3.63) is 41.5 Å². The van der Waals surface area contributed by atoms with Gasteiger partial charge in [-0.15, -0.1) is 0 Å². The molecule has 0 radical (unpaired) electrons. The largest absolute Gasteiger partial charge is 0.462 e. The van der Waals surface area contributed by atoms with E-state index in [4.69, 9.17) is 8.92 Å². The van der Waals surface area contributed by atoms with E-state index in [0.717, 1.165) is 5.56 Å². The molecule has 0 aromatic heterocycles. The fourth-order valence-corrected chi connectivity index (χ4v) is 2.48. The first-order valence-electron chi connectivity index (χ1n) is 5.81. The van der Waals surface area contributed by atoms with E-state index in [1.807, 2.05) is 6.92 Å². The van der Waals surface area contributed by atoms with E-state index in [0.29, 0.717) is 18.6 Å². The third kappa shape index (κ3) is 3.42. The number of benzene rings is 1. The zero-order valence-electron chi connectivity index (χ0n) is 10.5. The van der Waals surface area contributed by atoms with E-state index >= 15 is 0 Å². The van der Waals surface area contributed by atoms with Crippen molar-refractivity contribution < 1.29 is 22.1 Å². The number of carbonyl (C=O) groups is 1. The van der Waals surface area contributed by atoms with Gasteiger partial charge >= 0.3 is 5.97 Å². The Labute approximate surface area is 112 Å². The zero-order valence-corrected chi connectivity index (χ0v) is 11.3. The van der Waals surface area contributed by atoms with E-state index in [2.05, 4.69) is 0 Å². The van der Waals surface area contributed by atoms with E-state index in [1.54, 1.807) is 12.1 Å². The summed E-state index contributed by atoms with van der Waals surface area (Å²) >= 11 is 0. The molecule has 19 heavy (non-hydrogen) atoms. The molecule has 1 aromatic rings. The van der Waals surface area contributed by atoms with E-state index in [-0.39, 0.29) is 11.5 Å². The molecule has 5 nitrogen and oxygen atoms in total. The summed E-state index contributed by atoms with van der Waals surface area (Å²) in [4.78, 5) is 11.2. The lowest BCUT2D eigenvalue weighted by Crippen LogP contribution is -2.07. The van der Waals surface area contributed by atoms with Gasteiger partial charge in [0.2, 0.25) is 0 Å². The Hall–Kier alpha value is -1.66. The summed E-state index contributed by atoms with van der Waals surface area (Å²) < 4.78 is 33.2. The van der Waals surface area contributed by atoms with Crippen molar-refractivity contribution in [3.63, 3.8) is 0 Å². The molecule has 0 amide bonds. The summed E-state index contributed by atoms with van der Waals surface area (Å²) in [7, 11) is -3.78. The smallest absolute Gasteiger partial charge is 0.333 e. The Morgan fingerprint density at radius 3 is 2.58 bits per heavy atom. The van der Waals surface area contributed by atoms with Crippen LogP contribution >= 0.6 is 0 Å². The fourth-order valence-electron chi connectivity index (χ4n) is 1.63. The average molecular weight is 282 g/mol.